The summed E-state index contributed by atoms with van der Waals surface area (Å²) in [7, 11) is -1.05. The number of carbonyl (C=O) groups excluding carboxylic acids is 1. The highest BCUT2D eigenvalue weighted by Gasteiger charge is 2.49. The minimum atomic E-state index is -2.67. The Morgan fingerprint density at radius 2 is 1.60 bits per heavy atom. The second kappa shape index (κ2) is 16.3. The van der Waals surface area contributed by atoms with Gasteiger partial charge in [0.25, 0.3) is 8.32 Å². The lowest BCUT2D eigenvalue weighted by Crippen LogP contribution is -2.66. The maximum atomic E-state index is 13.5. The lowest BCUT2D eigenvalue weighted by molar-refractivity contribution is -0.136. The fourth-order valence-corrected chi connectivity index (χ4v) is 10.4. The molecule has 0 saturated heterocycles. The number of carbonyl (C=O) groups is 1. The van der Waals surface area contributed by atoms with Crippen LogP contribution in [0.4, 0.5) is 0 Å². The quantitative estimate of drug-likeness (QED) is 0.161. The highest BCUT2D eigenvalue weighted by atomic mass is 28.4. The van der Waals surface area contributed by atoms with Crippen molar-refractivity contribution < 1.29 is 28.5 Å². The smallest absolute Gasteiger partial charge is 0.261 e. The largest absolute Gasteiger partial charge is 0.497 e. The molecule has 0 fully saturated rings. The van der Waals surface area contributed by atoms with Gasteiger partial charge in [0.15, 0.2) is 5.78 Å². The van der Waals surface area contributed by atoms with E-state index in [0.29, 0.717) is 26.1 Å². The molecule has 6 nitrogen and oxygen atoms in total. The summed E-state index contributed by atoms with van der Waals surface area (Å²) in [4.78, 5) is 13.5. The molecule has 240 valence electrons. The average molecular weight is 629 g/mol. The molecule has 1 aliphatic heterocycles. The Kier molecular flexibility index (Phi) is 12.5. The predicted molar refractivity (Wildman–Crippen MR) is 183 cm³/mol. The Balaban J connectivity index is 1.48. The van der Waals surface area contributed by atoms with Gasteiger partial charge in [-0.15, -0.1) is 0 Å². The van der Waals surface area contributed by atoms with E-state index in [2.05, 4.69) is 69.3 Å². The number of hydrogen-bond acceptors (Lipinski definition) is 6. The lowest BCUT2D eigenvalue weighted by atomic mass is 9.97. The van der Waals surface area contributed by atoms with Crippen LogP contribution in [-0.4, -0.2) is 57.8 Å². The molecule has 4 rings (SSSR count). The third-order valence-corrected chi connectivity index (χ3v) is 13.4. The van der Waals surface area contributed by atoms with Crippen molar-refractivity contribution in [1.29, 1.82) is 0 Å². The Morgan fingerprint density at radius 1 is 0.978 bits per heavy atom. The van der Waals surface area contributed by atoms with Crippen LogP contribution in [0.1, 0.15) is 52.5 Å². The molecule has 1 aliphatic rings. The van der Waals surface area contributed by atoms with E-state index in [0.717, 1.165) is 16.9 Å². The molecule has 0 spiro atoms. The first-order chi connectivity index (χ1) is 21.6. The van der Waals surface area contributed by atoms with Crippen molar-refractivity contribution in [3.05, 3.63) is 114 Å². The summed E-state index contributed by atoms with van der Waals surface area (Å²) in [6.45, 7) is 9.90. The zero-order chi connectivity index (χ0) is 32.3. The number of rotatable bonds is 15. The second-order valence-corrected chi connectivity index (χ2v) is 17.0. The van der Waals surface area contributed by atoms with Crippen molar-refractivity contribution in [2.45, 2.75) is 76.9 Å². The first-order valence-electron chi connectivity index (χ1n) is 15.8. The number of aliphatic hydroxyl groups excluding tert-OH is 1. The van der Waals surface area contributed by atoms with E-state index in [1.807, 2.05) is 61.5 Å². The van der Waals surface area contributed by atoms with Crippen LogP contribution in [0.2, 0.25) is 5.04 Å². The molecule has 0 aromatic heterocycles. The van der Waals surface area contributed by atoms with Gasteiger partial charge in [0.1, 0.15) is 11.9 Å². The molecule has 0 aliphatic carbocycles. The van der Waals surface area contributed by atoms with Crippen LogP contribution in [0.5, 0.6) is 5.75 Å². The van der Waals surface area contributed by atoms with Gasteiger partial charge in [-0.2, -0.15) is 0 Å². The average Bonchev–Trinajstić information content (AvgIpc) is 3.04. The monoisotopic (exact) mass is 628 g/mol. The van der Waals surface area contributed by atoms with Crippen LogP contribution in [0, 0.1) is 0 Å². The van der Waals surface area contributed by atoms with Crippen LogP contribution < -0.4 is 15.1 Å². The van der Waals surface area contributed by atoms with E-state index in [4.69, 9.17) is 18.6 Å². The van der Waals surface area contributed by atoms with Gasteiger partial charge in [0.05, 0.1) is 39.1 Å². The van der Waals surface area contributed by atoms with E-state index in [1.165, 1.54) is 10.4 Å². The number of Topliss-reactive ketones (excluding diaryl/α,β-unsaturated/α-hetero) is 1. The SMILES string of the molecule is COc1ccc(CO[C@H](C/C=C/CO[Si](c2ccccc2)(c2ccccc2)C(C)(C)C)C(=O)CC(O)[C@@H]2CC(C)=CCO2)cc1. The summed E-state index contributed by atoms with van der Waals surface area (Å²) >= 11 is 0. The highest BCUT2D eigenvalue weighted by Crippen LogP contribution is 2.36. The van der Waals surface area contributed by atoms with Crippen LogP contribution >= 0.6 is 0 Å². The molecule has 3 atom stereocenters. The number of aliphatic hydroxyl groups is 1. The Hall–Kier alpha value is -3.33. The van der Waals surface area contributed by atoms with Crippen LogP contribution in [0.15, 0.2) is 109 Å². The van der Waals surface area contributed by atoms with Gasteiger partial charge in [0.2, 0.25) is 0 Å². The molecule has 1 unspecified atom stereocenters. The van der Waals surface area contributed by atoms with E-state index < -0.39 is 26.6 Å². The fraction of sp³-hybridized carbons (Fsp3) is 0.395. The fourth-order valence-electron chi connectivity index (χ4n) is 5.92. The van der Waals surface area contributed by atoms with Crippen molar-refractivity contribution in [1.82, 2.24) is 0 Å². The van der Waals surface area contributed by atoms with E-state index in [1.54, 1.807) is 7.11 Å². The summed E-state index contributed by atoms with van der Waals surface area (Å²) in [5.74, 6) is 0.611. The molecule has 7 heteroatoms. The van der Waals surface area contributed by atoms with Gasteiger partial charge in [0, 0.05) is 6.42 Å². The molecule has 1 N–H and O–H groups in total. The van der Waals surface area contributed by atoms with Gasteiger partial charge >= 0.3 is 0 Å². The number of benzene rings is 3. The van der Waals surface area contributed by atoms with Gasteiger partial charge in [-0.3, -0.25) is 4.79 Å². The van der Waals surface area contributed by atoms with E-state index in [9.17, 15) is 9.90 Å². The van der Waals surface area contributed by atoms with Crippen LogP contribution in [0.3, 0.4) is 0 Å². The van der Waals surface area contributed by atoms with Crippen molar-refractivity contribution in [2.75, 3.05) is 20.3 Å². The zero-order valence-electron chi connectivity index (χ0n) is 27.3. The molecule has 0 amide bonds. The second-order valence-electron chi connectivity index (χ2n) is 12.7. The summed E-state index contributed by atoms with van der Waals surface area (Å²) in [6, 6.07) is 28.7. The number of hydrogen-bond donors (Lipinski definition) is 1. The molecule has 3 aromatic rings. The third-order valence-electron chi connectivity index (χ3n) is 8.40. The number of ketones is 1. The first kappa shape index (κ1) is 34.5. The Morgan fingerprint density at radius 3 is 2.16 bits per heavy atom. The molecular formula is C38H48O6Si. The van der Waals surface area contributed by atoms with Crippen molar-refractivity contribution in [2.24, 2.45) is 0 Å². The number of ether oxygens (including phenoxy) is 3. The molecule has 1 heterocycles. The maximum Gasteiger partial charge on any atom is 0.261 e. The van der Waals surface area contributed by atoms with Crippen molar-refractivity contribution >= 4 is 24.5 Å². The Bertz CT molecular complexity index is 1360. The summed E-state index contributed by atoms with van der Waals surface area (Å²) in [6.07, 6.45) is 4.92. The van der Waals surface area contributed by atoms with Gasteiger partial charge in [-0.05, 0) is 52.9 Å². The summed E-state index contributed by atoms with van der Waals surface area (Å²) in [5.41, 5.74) is 2.10. The van der Waals surface area contributed by atoms with Crippen molar-refractivity contribution in [3.63, 3.8) is 0 Å². The van der Waals surface area contributed by atoms with Gasteiger partial charge in [-0.1, -0.05) is 117 Å². The normalized spacial score (nSPS) is 17.1. The van der Waals surface area contributed by atoms with Crippen LogP contribution in [-0.2, 0) is 25.3 Å². The van der Waals surface area contributed by atoms with Gasteiger partial charge in [-0.25, -0.2) is 0 Å². The minimum Gasteiger partial charge on any atom is -0.497 e. The highest BCUT2D eigenvalue weighted by molar-refractivity contribution is 6.99. The first-order valence-corrected chi connectivity index (χ1v) is 17.7. The summed E-state index contributed by atoms with van der Waals surface area (Å²) < 4.78 is 24.1. The minimum absolute atomic E-state index is 0.0301. The molecule has 0 saturated carbocycles. The molecule has 0 bridgehead atoms. The Labute approximate surface area is 269 Å². The maximum absolute atomic E-state index is 13.5. The van der Waals surface area contributed by atoms with Crippen LogP contribution in [0.25, 0.3) is 0 Å². The topological polar surface area (TPSA) is 74.2 Å². The molecule has 45 heavy (non-hydrogen) atoms. The van der Waals surface area contributed by atoms with Gasteiger partial charge < -0.3 is 23.7 Å². The summed E-state index contributed by atoms with van der Waals surface area (Å²) in [5, 5.41) is 13.2. The standard InChI is InChI=1S/C38H48O6Si/c1-29-23-25-42-37(26-29)35(40)27-34(39)36(43-28-30-19-21-31(41-5)22-20-30)18-12-13-24-44-45(38(2,3)4,32-14-8-6-9-15-32)33-16-10-7-11-17-33/h6-17,19-23,35-37,40H,18,24-28H2,1-5H3/b13-12+/t35?,36-,37+/m1/s1. The number of methoxy groups -OCH3 is 1. The molecule has 3 aromatic carbocycles. The van der Waals surface area contributed by atoms with E-state index >= 15 is 0 Å². The predicted octanol–water partition coefficient (Wildman–Crippen LogP) is 6.16. The molecule has 0 radical (unpaired) electrons. The van der Waals surface area contributed by atoms with Crippen molar-refractivity contribution in [3.8, 4) is 5.75 Å². The molecular weight excluding hydrogens is 580 g/mol. The third kappa shape index (κ3) is 9.12. The zero-order valence-corrected chi connectivity index (χ0v) is 28.3. The lowest BCUT2D eigenvalue weighted by Gasteiger charge is -2.42. The van der Waals surface area contributed by atoms with E-state index in [-0.39, 0.29) is 23.8 Å².